The molecular formula is C27H25N3O3S2. The van der Waals surface area contributed by atoms with Crippen LogP contribution < -0.4 is 11.1 Å². The summed E-state index contributed by atoms with van der Waals surface area (Å²) in [6.07, 6.45) is 5.64. The van der Waals surface area contributed by atoms with Crippen molar-refractivity contribution >= 4 is 55.5 Å². The normalized spacial score (nSPS) is 16.7. The van der Waals surface area contributed by atoms with Gasteiger partial charge in [-0.2, -0.15) is 0 Å². The van der Waals surface area contributed by atoms with E-state index in [9.17, 15) is 9.59 Å². The zero-order valence-corrected chi connectivity index (χ0v) is 21.0. The minimum absolute atomic E-state index is 0.311. The van der Waals surface area contributed by atoms with Crippen LogP contribution in [0.4, 0.5) is 10.7 Å². The number of fused-ring (bicyclic) bond motifs is 3. The van der Waals surface area contributed by atoms with E-state index in [1.54, 1.807) is 0 Å². The first kappa shape index (κ1) is 22.2. The molecule has 6 rings (SSSR count). The van der Waals surface area contributed by atoms with E-state index in [-0.39, 0.29) is 5.91 Å². The Balaban J connectivity index is 1.33. The summed E-state index contributed by atoms with van der Waals surface area (Å²) in [5, 5.41) is 4.37. The number of methoxy groups -OCH3 is 1. The molecule has 0 aliphatic heterocycles. The van der Waals surface area contributed by atoms with Crippen molar-refractivity contribution in [2.45, 2.75) is 44.4 Å². The van der Waals surface area contributed by atoms with E-state index in [4.69, 9.17) is 15.5 Å². The van der Waals surface area contributed by atoms with Crippen molar-refractivity contribution in [2.24, 2.45) is 0 Å². The number of ether oxygens (including phenoxy) is 1. The predicted molar refractivity (Wildman–Crippen MR) is 141 cm³/mol. The monoisotopic (exact) mass is 503 g/mol. The number of nitrogen functional groups attached to an aromatic ring is 1. The van der Waals surface area contributed by atoms with Gasteiger partial charge in [-0.15, -0.1) is 22.7 Å². The summed E-state index contributed by atoms with van der Waals surface area (Å²) >= 11 is 2.78. The SMILES string of the molecule is COC(=O)c1c(NC(=O)c2sc3nc4c(cc3c2N)CCC4)sc2c1CCC(c1ccccc1)C2. The lowest BCUT2D eigenvalue weighted by Crippen LogP contribution is -2.16. The molecule has 1 amide bonds. The highest BCUT2D eigenvalue weighted by Gasteiger charge is 2.31. The minimum atomic E-state index is -0.418. The van der Waals surface area contributed by atoms with Gasteiger partial charge in [-0.25, -0.2) is 9.78 Å². The molecule has 0 spiro atoms. The summed E-state index contributed by atoms with van der Waals surface area (Å²) in [6, 6.07) is 12.5. The average molecular weight is 504 g/mol. The van der Waals surface area contributed by atoms with Gasteiger partial charge >= 0.3 is 5.97 Å². The largest absolute Gasteiger partial charge is 0.465 e. The van der Waals surface area contributed by atoms with Gasteiger partial charge in [0.05, 0.1) is 18.4 Å². The van der Waals surface area contributed by atoms with Crippen LogP contribution in [0.3, 0.4) is 0 Å². The van der Waals surface area contributed by atoms with Crippen molar-refractivity contribution < 1.29 is 14.3 Å². The van der Waals surface area contributed by atoms with Crippen LogP contribution in [0.5, 0.6) is 0 Å². The number of nitrogens with zero attached hydrogens (tertiary/aromatic N) is 1. The summed E-state index contributed by atoms with van der Waals surface area (Å²) in [4.78, 5) is 33.2. The molecule has 0 radical (unpaired) electrons. The molecule has 1 aromatic carbocycles. The van der Waals surface area contributed by atoms with Gasteiger partial charge in [-0.3, -0.25) is 4.79 Å². The van der Waals surface area contributed by atoms with E-state index < -0.39 is 5.97 Å². The number of carbonyl (C=O) groups excluding carboxylic acids is 2. The zero-order chi connectivity index (χ0) is 24.1. The number of benzene rings is 1. The van der Waals surface area contributed by atoms with E-state index in [2.05, 4.69) is 35.6 Å². The van der Waals surface area contributed by atoms with Crippen molar-refractivity contribution in [2.75, 3.05) is 18.2 Å². The second-order valence-corrected chi connectivity index (χ2v) is 11.3. The highest BCUT2D eigenvalue weighted by atomic mass is 32.1. The number of nitrogens with one attached hydrogen (secondary N) is 1. The van der Waals surface area contributed by atoms with Crippen molar-refractivity contribution in [1.29, 1.82) is 0 Å². The van der Waals surface area contributed by atoms with Crippen molar-refractivity contribution in [3.05, 3.63) is 74.1 Å². The van der Waals surface area contributed by atoms with Crippen LogP contribution in [-0.2, 0) is 30.4 Å². The maximum Gasteiger partial charge on any atom is 0.341 e. The topological polar surface area (TPSA) is 94.3 Å². The molecule has 0 saturated heterocycles. The maximum absolute atomic E-state index is 13.4. The number of hydrogen-bond donors (Lipinski definition) is 2. The molecule has 3 heterocycles. The second kappa shape index (κ2) is 8.77. The predicted octanol–water partition coefficient (Wildman–Crippen LogP) is 5.74. The molecule has 6 nitrogen and oxygen atoms in total. The number of rotatable bonds is 4. The number of carbonyl (C=O) groups is 2. The van der Waals surface area contributed by atoms with Crippen LogP contribution in [0.2, 0.25) is 0 Å². The lowest BCUT2D eigenvalue weighted by molar-refractivity contribution is 0.0601. The lowest BCUT2D eigenvalue weighted by Gasteiger charge is -2.22. The molecule has 35 heavy (non-hydrogen) atoms. The summed E-state index contributed by atoms with van der Waals surface area (Å²) in [6.45, 7) is 0. The van der Waals surface area contributed by atoms with Gasteiger partial charge in [0, 0.05) is 16.0 Å². The molecule has 3 aromatic heterocycles. The number of hydrogen-bond acceptors (Lipinski definition) is 7. The van der Waals surface area contributed by atoms with E-state index >= 15 is 0 Å². The second-order valence-electron chi connectivity index (χ2n) is 9.15. The van der Waals surface area contributed by atoms with Crippen molar-refractivity contribution in [3.8, 4) is 0 Å². The van der Waals surface area contributed by atoms with Gasteiger partial charge in [0.15, 0.2) is 0 Å². The van der Waals surface area contributed by atoms with Gasteiger partial charge in [0.1, 0.15) is 14.7 Å². The fourth-order valence-corrected chi connectivity index (χ4v) is 7.63. The highest BCUT2D eigenvalue weighted by Crippen LogP contribution is 2.43. The Morgan fingerprint density at radius 3 is 2.77 bits per heavy atom. The molecule has 3 N–H and O–H groups in total. The van der Waals surface area contributed by atoms with Gasteiger partial charge < -0.3 is 15.8 Å². The van der Waals surface area contributed by atoms with Gasteiger partial charge in [-0.1, -0.05) is 30.3 Å². The first-order valence-electron chi connectivity index (χ1n) is 11.8. The Labute approximate surface area is 211 Å². The van der Waals surface area contributed by atoms with Crippen LogP contribution in [0.15, 0.2) is 36.4 Å². The first-order valence-corrected chi connectivity index (χ1v) is 13.5. The van der Waals surface area contributed by atoms with Crippen LogP contribution >= 0.6 is 22.7 Å². The first-order chi connectivity index (χ1) is 17.0. The fraction of sp³-hybridized carbons (Fsp3) is 0.296. The van der Waals surface area contributed by atoms with Crippen LogP contribution in [0, 0.1) is 0 Å². The Kier molecular flexibility index (Phi) is 5.57. The quantitative estimate of drug-likeness (QED) is 0.346. The lowest BCUT2D eigenvalue weighted by atomic mass is 9.83. The van der Waals surface area contributed by atoms with Gasteiger partial charge in [-0.05, 0) is 67.2 Å². The Morgan fingerprint density at radius 2 is 1.97 bits per heavy atom. The third kappa shape index (κ3) is 3.81. The zero-order valence-electron chi connectivity index (χ0n) is 19.3. The molecule has 2 aliphatic rings. The maximum atomic E-state index is 13.4. The van der Waals surface area contributed by atoms with E-state index in [1.807, 2.05) is 6.07 Å². The average Bonchev–Trinajstić information content (AvgIpc) is 3.57. The third-order valence-corrected chi connectivity index (χ3v) is 9.39. The Bertz CT molecular complexity index is 1470. The summed E-state index contributed by atoms with van der Waals surface area (Å²) in [7, 11) is 1.38. The standard InChI is InChI=1S/C27H25N3O3S2/c1-33-27(32)21-17-11-10-15(14-6-3-2-4-7-14)13-20(17)34-26(21)30-24(31)23-22(28)18-12-16-8-5-9-19(16)29-25(18)35-23/h2-4,6-7,12,15H,5,8-11,13,28H2,1H3,(H,30,31). The molecule has 178 valence electrons. The molecule has 0 saturated carbocycles. The molecular weight excluding hydrogens is 478 g/mol. The molecule has 0 fully saturated rings. The molecule has 4 aromatic rings. The number of pyridine rings is 1. The molecule has 0 bridgehead atoms. The summed E-state index contributed by atoms with van der Waals surface area (Å²) < 4.78 is 5.10. The number of aromatic nitrogens is 1. The summed E-state index contributed by atoms with van der Waals surface area (Å²) in [5.41, 5.74) is 12.0. The van der Waals surface area contributed by atoms with E-state index in [1.165, 1.54) is 40.9 Å². The van der Waals surface area contributed by atoms with Gasteiger partial charge in [0.25, 0.3) is 5.91 Å². The van der Waals surface area contributed by atoms with Gasteiger partial charge in [0.2, 0.25) is 0 Å². The van der Waals surface area contributed by atoms with Crippen molar-refractivity contribution in [3.63, 3.8) is 0 Å². The third-order valence-electron chi connectivity index (χ3n) is 7.11. The summed E-state index contributed by atoms with van der Waals surface area (Å²) in [5.74, 6) is -0.338. The molecule has 8 heteroatoms. The fourth-order valence-electron chi connectivity index (χ4n) is 5.33. The van der Waals surface area contributed by atoms with Crippen molar-refractivity contribution in [1.82, 2.24) is 4.98 Å². The number of aryl methyl sites for hydroxylation is 2. The van der Waals surface area contributed by atoms with E-state index in [0.29, 0.717) is 27.0 Å². The van der Waals surface area contributed by atoms with Crippen LogP contribution in [-0.4, -0.2) is 24.0 Å². The number of anilines is 2. The molecule has 1 unspecified atom stereocenters. The van der Waals surface area contributed by atoms with Crippen LogP contribution in [0.1, 0.15) is 66.1 Å². The highest BCUT2D eigenvalue weighted by molar-refractivity contribution is 7.21. The molecule has 1 atom stereocenters. The van der Waals surface area contributed by atoms with E-state index in [0.717, 1.165) is 64.9 Å². The number of thiophene rings is 2. The number of amides is 1. The van der Waals surface area contributed by atoms with Crippen LogP contribution in [0.25, 0.3) is 10.2 Å². The number of esters is 1. The minimum Gasteiger partial charge on any atom is -0.465 e. The molecule has 2 aliphatic carbocycles. The number of nitrogens with two attached hydrogens (primary N) is 1. The Morgan fingerprint density at radius 1 is 1.14 bits per heavy atom. The Hall–Kier alpha value is -3.23. The smallest absolute Gasteiger partial charge is 0.341 e.